The van der Waals surface area contributed by atoms with E-state index in [9.17, 15) is 29.8 Å². The zero-order valence-corrected chi connectivity index (χ0v) is 22.7. The van der Waals surface area contributed by atoms with E-state index in [0.29, 0.717) is 22.5 Å². The number of anilines is 2. The molecule has 4 aromatic carbocycles. The molecule has 0 spiro atoms. The highest BCUT2D eigenvalue weighted by Gasteiger charge is 2.09. The second kappa shape index (κ2) is 13.0. The Morgan fingerprint density at radius 2 is 1.02 bits per heavy atom. The van der Waals surface area contributed by atoms with Crippen LogP contribution in [0.4, 0.5) is 22.7 Å². The summed E-state index contributed by atoms with van der Waals surface area (Å²) in [5.41, 5.74) is 5.76. The maximum absolute atomic E-state index is 12.5. The molecule has 210 valence electrons. The van der Waals surface area contributed by atoms with E-state index in [2.05, 4.69) is 10.6 Å². The number of hydrogen-bond acceptors (Lipinski definition) is 6. The van der Waals surface area contributed by atoms with Gasteiger partial charge in [-0.05, 0) is 83.6 Å². The van der Waals surface area contributed by atoms with E-state index >= 15 is 0 Å². The van der Waals surface area contributed by atoms with Gasteiger partial charge in [0, 0.05) is 47.8 Å². The standard InChI is InChI=1S/C32H26N4O6/c1-21-17-25(11-13-29(21)33-31(37)15-9-23-5-3-7-27(19-23)35(39)40)26-12-14-30(22(2)18-26)34-32(38)16-10-24-6-4-8-28(20-24)36(41)42/h3-20H,1-2H3,(H,33,37)(H,34,38). The van der Waals surface area contributed by atoms with E-state index in [1.54, 1.807) is 36.4 Å². The number of amides is 2. The van der Waals surface area contributed by atoms with Crippen LogP contribution in [0, 0.1) is 34.1 Å². The number of carbonyl (C=O) groups is 2. The van der Waals surface area contributed by atoms with Gasteiger partial charge in [-0.3, -0.25) is 29.8 Å². The van der Waals surface area contributed by atoms with Crippen molar-refractivity contribution in [2.75, 3.05) is 10.6 Å². The molecule has 0 radical (unpaired) electrons. The fourth-order valence-electron chi connectivity index (χ4n) is 4.14. The summed E-state index contributed by atoms with van der Waals surface area (Å²) in [6.07, 6.45) is 5.67. The Bertz CT molecular complexity index is 1630. The lowest BCUT2D eigenvalue weighted by Crippen LogP contribution is -2.09. The Hall–Kier alpha value is -5.90. The zero-order valence-electron chi connectivity index (χ0n) is 22.7. The summed E-state index contributed by atoms with van der Waals surface area (Å²) in [5, 5.41) is 27.5. The number of non-ortho nitro benzene ring substituents is 2. The van der Waals surface area contributed by atoms with Crippen LogP contribution in [0.1, 0.15) is 22.3 Å². The van der Waals surface area contributed by atoms with Gasteiger partial charge in [0.15, 0.2) is 0 Å². The second-order valence-electron chi connectivity index (χ2n) is 9.41. The zero-order chi connectivity index (χ0) is 30.2. The number of aryl methyl sites for hydroxylation is 2. The Kier molecular flexibility index (Phi) is 8.98. The number of hydrogen-bond donors (Lipinski definition) is 2. The summed E-state index contributed by atoms with van der Waals surface area (Å²) in [6, 6.07) is 23.2. The molecule has 0 unspecified atom stereocenters. The Morgan fingerprint density at radius 1 is 0.619 bits per heavy atom. The monoisotopic (exact) mass is 562 g/mol. The van der Waals surface area contributed by atoms with Crippen molar-refractivity contribution in [3.63, 3.8) is 0 Å². The molecule has 2 N–H and O–H groups in total. The van der Waals surface area contributed by atoms with E-state index in [4.69, 9.17) is 0 Å². The van der Waals surface area contributed by atoms with Crippen molar-refractivity contribution in [2.45, 2.75) is 13.8 Å². The molecule has 10 nitrogen and oxygen atoms in total. The Morgan fingerprint density at radius 3 is 1.38 bits per heavy atom. The molecular formula is C32H26N4O6. The highest BCUT2D eigenvalue weighted by atomic mass is 16.6. The van der Waals surface area contributed by atoms with Gasteiger partial charge in [0.25, 0.3) is 11.4 Å². The molecule has 42 heavy (non-hydrogen) atoms. The smallest absolute Gasteiger partial charge is 0.270 e. The van der Waals surface area contributed by atoms with Crippen LogP contribution < -0.4 is 10.6 Å². The molecule has 0 aromatic heterocycles. The van der Waals surface area contributed by atoms with Gasteiger partial charge in [0.05, 0.1) is 9.85 Å². The maximum Gasteiger partial charge on any atom is 0.270 e. The summed E-state index contributed by atoms with van der Waals surface area (Å²) in [4.78, 5) is 45.8. The average Bonchev–Trinajstić information content (AvgIpc) is 2.97. The largest absolute Gasteiger partial charge is 0.322 e. The molecule has 0 aliphatic carbocycles. The topological polar surface area (TPSA) is 144 Å². The van der Waals surface area contributed by atoms with Gasteiger partial charge in [-0.25, -0.2) is 0 Å². The van der Waals surface area contributed by atoms with Gasteiger partial charge in [0.2, 0.25) is 11.8 Å². The highest BCUT2D eigenvalue weighted by molar-refractivity contribution is 6.03. The predicted octanol–water partition coefficient (Wildman–Crippen LogP) is 7.09. The highest BCUT2D eigenvalue weighted by Crippen LogP contribution is 2.28. The van der Waals surface area contributed by atoms with Gasteiger partial charge >= 0.3 is 0 Å². The summed E-state index contributed by atoms with van der Waals surface area (Å²) < 4.78 is 0. The quantitative estimate of drug-likeness (QED) is 0.127. The first kappa shape index (κ1) is 29.1. The third-order valence-corrected chi connectivity index (χ3v) is 6.32. The van der Waals surface area contributed by atoms with Crippen LogP contribution in [0.25, 0.3) is 23.3 Å². The molecule has 0 bridgehead atoms. The molecule has 4 aromatic rings. The van der Waals surface area contributed by atoms with Crippen molar-refractivity contribution < 1.29 is 19.4 Å². The van der Waals surface area contributed by atoms with E-state index in [1.165, 1.54) is 48.6 Å². The van der Waals surface area contributed by atoms with Crippen LogP contribution >= 0.6 is 0 Å². The van der Waals surface area contributed by atoms with Crippen LogP contribution in [-0.2, 0) is 9.59 Å². The summed E-state index contributed by atoms with van der Waals surface area (Å²) in [5.74, 6) is -0.735. The van der Waals surface area contributed by atoms with E-state index < -0.39 is 9.85 Å². The lowest BCUT2D eigenvalue weighted by molar-refractivity contribution is -0.385. The van der Waals surface area contributed by atoms with Crippen LogP contribution in [0.2, 0.25) is 0 Å². The average molecular weight is 563 g/mol. The third-order valence-electron chi connectivity index (χ3n) is 6.32. The minimum atomic E-state index is -0.490. The van der Waals surface area contributed by atoms with Crippen molar-refractivity contribution in [1.29, 1.82) is 0 Å². The first-order valence-electron chi connectivity index (χ1n) is 12.8. The van der Waals surface area contributed by atoms with E-state index in [-0.39, 0.29) is 23.2 Å². The van der Waals surface area contributed by atoms with Crippen molar-refractivity contribution in [2.24, 2.45) is 0 Å². The molecule has 2 amide bonds. The van der Waals surface area contributed by atoms with E-state index in [1.807, 2.05) is 38.1 Å². The SMILES string of the molecule is Cc1cc(-c2ccc(NC(=O)C=Cc3cccc([N+](=O)[O-])c3)c(C)c2)ccc1NC(=O)C=Cc1cccc([N+](=O)[O-])c1. The number of nitro groups is 2. The number of nitrogens with one attached hydrogen (secondary N) is 2. The molecule has 0 heterocycles. The molecule has 0 fully saturated rings. The molecule has 10 heteroatoms. The fraction of sp³-hybridized carbons (Fsp3) is 0.0625. The molecule has 0 aliphatic heterocycles. The normalized spacial score (nSPS) is 11.0. The van der Waals surface area contributed by atoms with E-state index in [0.717, 1.165) is 22.3 Å². The number of benzene rings is 4. The minimum Gasteiger partial charge on any atom is -0.322 e. The lowest BCUT2D eigenvalue weighted by Gasteiger charge is -2.12. The van der Waals surface area contributed by atoms with Crippen molar-refractivity contribution >= 4 is 46.7 Å². The van der Waals surface area contributed by atoms with Crippen LogP contribution in [-0.4, -0.2) is 21.7 Å². The van der Waals surface area contributed by atoms with Crippen LogP contribution in [0.3, 0.4) is 0 Å². The lowest BCUT2D eigenvalue weighted by atomic mass is 10.00. The maximum atomic E-state index is 12.5. The van der Waals surface area contributed by atoms with Crippen LogP contribution in [0.5, 0.6) is 0 Å². The van der Waals surface area contributed by atoms with Crippen molar-refractivity contribution in [3.05, 3.63) is 140 Å². The Labute approximate surface area is 241 Å². The van der Waals surface area contributed by atoms with Gasteiger partial charge in [-0.2, -0.15) is 0 Å². The number of nitro benzene ring substituents is 2. The first-order chi connectivity index (χ1) is 20.1. The van der Waals surface area contributed by atoms with Crippen molar-refractivity contribution in [3.8, 4) is 11.1 Å². The van der Waals surface area contributed by atoms with Gasteiger partial charge in [-0.1, -0.05) is 36.4 Å². The first-order valence-corrected chi connectivity index (χ1v) is 12.8. The molecule has 4 rings (SSSR count). The number of nitrogens with zero attached hydrogens (tertiary/aromatic N) is 2. The second-order valence-corrected chi connectivity index (χ2v) is 9.41. The molecule has 0 saturated heterocycles. The third kappa shape index (κ3) is 7.60. The van der Waals surface area contributed by atoms with Gasteiger partial charge in [-0.15, -0.1) is 0 Å². The van der Waals surface area contributed by atoms with Gasteiger partial charge < -0.3 is 10.6 Å². The number of carbonyl (C=O) groups excluding carboxylic acids is 2. The molecule has 0 aliphatic rings. The molecule has 0 saturated carbocycles. The fourth-order valence-corrected chi connectivity index (χ4v) is 4.14. The van der Waals surface area contributed by atoms with Gasteiger partial charge in [0.1, 0.15) is 0 Å². The summed E-state index contributed by atoms with van der Waals surface area (Å²) in [7, 11) is 0. The summed E-state index contributed by atoms with van der Waals surface area (Å²) >= 11 is 0. The minimum absolute atomic E-state index is 0.0513. The van der Waals surface area contributed by atoms with Crippen molar-refractivity contribution in [1.82, 2.24) is 0 Å². The van der Waals surface area contributed by atoms with Crippen LogP contribution in [0.15, 0.2) is 97.1 Å². The summed E-state index contributed by atoms with van der Waals surface area (Å²) in [6.45, 7) is 3.75. The molecular weight excluding hydrogens is 536 g/mol. The molecule has 0 atom stereocenters. The Balaban J connectivity index is 1.39. The number of rotatable bonds is 9. The predicted molar refractivity (Wildman–Crippen MR) is 163 cm³/mol.